The molecule has 0 aliphatic carbocycles. The van der Waals surface area contributed by atoms with Crippen molar-refractivity contribution < 1.29 is 19.1 Å². The van der Waals surface area contributed by atoms with Gasteiger partial charge in [-0.05, 0) is 77.6 Å². The fourth-order valence-electron chi connectivity index (χ4n) is 2.80. The van der Waals surface area contributed by atoms with Gasteiger partial charge in [0.25, 0.3) is 0 Å². The molecule has 0 aromatic heterocycles. The van der Waals surface area contributed by atoms with Crippen molar-refractivity contribution in [3.05, 3.63) is 65.2 Å². The van der Waals surface area contributed by atoms with Gasteiger partial charge >= 0.3 is 5.97 Å². The Morgan fingerprint density at radius 1 is 0.969 bits per heavy atom. The van der Waals surface area contributed by atoms with Gasteiger partial charge in [-0.1, -0.05) is 42.0 Å². The molecule has 2 aromatic rings. The molecule has 2 aromatic carbocycles. The molecule has 0 heterocycles. The maximum atomic E-state index is 12.3. The van der Waals surface area contributed by atoms with E-state index in [4.69, 9.17) is 9.47 Å². The summed E-state index contributed by atoms with van der Waals surface area (Å²) in [7, 11) is 0. The second kappa shape index (κ2) is 10.9. The van der Waals surface area contributed by atoms with Gasteiger partial charge in [-0.25, -0.2) is 10.2 Å². The summed E-state index contributed by atoms with van der Waals surface area (Å²) in [4.78, 5) is 24.3. The smallest absolute Gasteiger partial charge is 0.350 e. The molecule has 6 nitrogen and oxygen atoms in total. The highest BCUT2D eigenvalue weighted by atomic mass is 16.6. The monoisotopic (exact) mass is 438 g/mol. The van der Waals surface area contributed by atoms with Gasteiger partial charge in [0.05, 0.1) is 6.21 Å². The highest BCUT2D eigenvalue weighted by Crippen LogP contribution is 2.22. The number of ether oxygens (including phenoxy) is 2. The van der Waals surface area contributed by atoms with E-state index in [0.29, 0.717) is 18.6 Å². The lowest BCUT2D eigenvalue weighted by Gasteiger charge is -2.29. The van der Waals surface area contributed by atoms with Crippen molar-refractivity contribution in [3.8, 4) is 5.75 Å². The number of hydrogen-bond acceptors (Lipinski definition) is 5. The number of esters is 1. The van der Waals surface area contributed by atoms with Crippen LogP contribution in [0.3, 0.4) is 0 Å². The maximum absolute atomic E-state index is 12.3. The quantitative estimate of drug-likeness (QED) is 0.341. The molecule has 1 N–H and O–H groups in total. The van der Waals surface area contributed by atoms with Crippen molar-refractivity contribution >= 4 is 18.1 Å². The predicted octanol–water partition coefficient (Wildman–Crippen LogP) is 4.97. The molecule has 2 rings (SSSR count). The molecule has 32 heavy (non-hydrogen) atoms. The lowest BCUT2D eigenvalue weighted by molar-refractivity contribution is -0.170. The number of amides is 1. The Balaban J connectivity index is 1.76. The van der Waals surface area contributed by atoms with Crippen LogP contribution in [0.25, 0.3) is 0 Å². The Kier molecular flexibility index (Phi) is 8.58. The van der Waals surface area contributed by atoms with Crippen molar-refractivity contribution in [3.63, 3.8) is 0 Å². The molecule has 0 saturated heterocycles. The first-order chi connectivity index (χ1) is 14.9. The molecule has 0 aliphatic rings. The number of carbonyl (C=O) groups excluding carboxylic acids is 2. The number of carbonyl (C=O) groups is 2. The maximum Gasteiger partial charge on any atom is 0.350 e. The third-order valence-electron chi connectivity index (χ3n) is 4.54. The van der Waals surface area contributed by atoms with Gasteiger partial charge in [0.15, 0.2) is 5.60 Å². The van der Waals surface area contributed by atoms with Gasteiger partial charge in [-0.2, -0.15) is 5.10 Å². The molecule has 1 amide bonds. The van der Waals surface area contributed by atoms with E-state index >= 15 is 0 Å². The summed E-state index contributed by atoms with van der Waals surface area (Å²) in [5, 5.41) is 4.00. The summed E-state index contributed by atoms with van der Waals surface area (Å²) in [6.07, 6.45) is 3.48. The molecule has 0 spiro atoms. The molecule has 0 fully saturated rings. The van der Waals surface area contributed by atoms with Crippen molar-refractivity contribution in [2.75, 3.05) is 0 Å². The van der Waals surface area contributed by atoms with Crippen LogP contribution in [0.4, 0.5) is 0 Å². The number of hydrogen-bond donors (Lipinski definition) is 1. The van der Waals surface area contributed by atoms with Gasteiger partial charge in [-0.3, -0.25) is 4.79 Å². The number of aryl methyl sites for hydroxylation is 2. The van der Waals surface area contributed by atoms with E-state index in [1.807, 2.05) is 76.2 Å². The normalized spacial score (nSPS) is 11.9. The fraction of sp³-hybridized carbons (Fsp3) is 0.423. The van der Waals surface area contributed by atoms with Crippen LogP contribution in [0.15, 0.2) is 53.6 Å². The molecular weight excluding hydrogens is 404 g/mol. The average molecular weight is 439 g/mol. The first-order valence-corrected chi connectivity index (χ1v) is 10.8. The minimum absolute atomic E-state index is 0.118. The zero-order valence-electron chi connectivity index (χ0n) is 19.9. The Morgan fingerprint density at radius 3 is 2.19 bits per heavy atom. The summed E-state index contributed by atoms with van der Waals surface area (Å²) < 4.78 is 11.3. The second-order valence-electron chi connectivity index (χ2n) is 9.32. The SMILES string of the molecule is Cc1ccc(C=NNC(=O)CCCc2ccc(OC(C)(C)C(=O)OC(C)(C)C)cc2)cc1. The predicted molar refractivity (Wildman–Crippen MR) is 127 cm³/mol. The molecule has 0 radical (unpaired) electrons. The van der Waals surface area contributed by atoms with Gasteiger partial charge in [0.1, 0.15) is 11.4 Å². The standard InChI is InChI=1S/C26H34N2O4/c1-19-10-12-21(13-11-19)18-27-28-23(29)9-7-8-20-14-16-22(17-15-20)31-26(5,6)24(30)32-25(2,3)4/h10-18H,7-9H2,1-6H3,(H,28,29). The molecule has 172 valence electrons. The highest BCUT2D eigenvalue weighted by molar-refractivity contribution is 5.82. The molecule has 0 saturated carbocycles. The van der Waals surface area contributed by atoms with E-state index in [1.54, 1.807) is 20.1 Å². The second-order valence-corrected chi connectivity index (χ2v) is 9.32. The highest BCUT2D eigenvalue weighted by Gasteiger charge is 2.34. The van der Waals surface area contributed by atoms with E-state index in [0.717, 1.165) is 17.5 Å². The number of hydrazone groups is 1. The number of benzene rings is 2. The minimum Gasteiger partial charge on any atom is -0.476 e. The van der Waals surface area contributed by atoms with E-state index in [9.17, 15) is 9.59 Å². The Labute approximate surface area is 191 Å². The van der Waals surface area contributed by atoms with Crippen LogP contribution < -0.4 is 10.2 Å². The topological polar surface area (TPSA) is 77.0 Å². The zero-order valence-corrected chi connectivity index (χ0v) is 19.9. The summed E-state index contributed by atoms with van der Waals surface area (Å²) in [6, 6.07) is 15.4. The van der Waals surface area contributed by atoms with E-state index in [-0.39, 0.29) is 5.91 Å². The van der Waals surface area contributed by atoms with Crippen LogP contribution in [-0.2, 0) is 20.7 Å². The summed E-state index contributed by atoms with van der Waals surface area (Å²) in [6.45, 7) is 10.9. The fourth-order valence-corrected chi connectivity index (χ4v) is 2.80. The van der Waals surface area contributed by atoms with Crippen LogP contribution in [0.5, 0.6) is 5.75 Å². The van der Waals surface area contributed by atoms with Crippen LogP contribution >= 0.6 is 0 Å². The van der Waals surface area contributed by atoms with Crippen LogP contribution in [-0.4, -0.2) is 29.3 Å². The summed E-state index contributed by atoms with van der Waals surface area (Å²) in [5.41, 5.74) is 4.10. The number of nitrogens with zero attached hydrogens (tertiary/aromatic N) is 1. The summed E-state index contributed by atoms with van der Waals surface area (Å²) in [5.74, 6) is 0.0605. The Morgan fingerprint density at radius 2 is 1.59 bits per heavy atom. The molecule has 6 heteroatoms. The van der Waals surface area contributed by atoms with Crippen molar-refractivity contribution in [1.82, 2.24) is 5.43 Å². The number of nitrogens with one attached hydrogen (secondary N) is 1. The third kappa shape index (κ3) is 8.92. The summed E-state index contributed by atoms with van der Waals surface area (Å²) >= 11 is 0. The van der Waals surface area contributed by atoms with Crippen molar-refractivity contribution in [2.45, 2.75) is 72.0 Å². The van der Waals surface area contributed by atoms with Gasteiger partial charge in [0, 0.05) is 6.42 Å². The van der Waals surface area contributed by atoms with Gasteiger partial charge in [-0.15, -0.1) is 0 Å². The van der Waals surface area contributed by atoms with E-state index < -0.39 is 17.2 Å². The lowest BCUT2D eigenvalue weighted by atomic mass is 10.1. The average Bonchev–Trinajstić information content (AvgIpc) is 2.69. The Bertz CT molecular complexity index is 924. The molecule has 0 bridgehead atoms. The van der Waals surface area contributed by atoms with Crippen LogP contribution in [0.1, 0.15) is 64.2 Å². The zero-order chi connectivity index (χ0) is 23.8. The molecule has 0 atom stereocenters. The van der Waals surface area contributed by atoms with Crippen LogP contribution in [0.2, 0.25) is 0 Å². The van der Waals surface area contributed by atoms with Gasteiger partial charge < -0.3 is 9.47 Å². The largest absolute Gasteiger partial charge is 0.476 e. The first kappa shape index (κ1) is 25.1. The third-order valence-corrected chi connectivity index (χ3v) is 4.54. The molecule has 0 unspecified atom stereocenters. The van der Waals surface area contributed by atoms with Crippen molar-refractivity contribution in [2.24, 2.45) is 5.10 Å². The first-order valence-electron chi connectivity index (χ1n) is 10.8. The molecular formula is C26H34N2O4. The van der Waals surface area contributed by atoms with Crippen molar-refractivity contribution in [1.29, 1.82) is 0 Å². The minimum atomic E-state index is -1.09. The van der Waals surface area contributed by atoms with E-state index in [2.05, 4.69) is 10.5 Å². The van der Waals surface area contributed by atoms with Crippen LogP contribution in [0, 0.1) is 6.92 Å². The lowest BCUT2D eigenvalue weighted by Crippen LogP contribution is -2.43. The number of rotatable bonds is 9. The van der Waals surface area contributed by atoms with Gasteiger partial charge in [0.2, 0.25) is 5.91 Å². The molecule has 0 aliphatic heterocycles. The Hall–Kier alpha value is -3.15. The van der Waals surface area contributed by atoms with E-state index in [1.165, 1.54) is 5.56 Å².